The Labute approximate surface area is 107 Å². The second kappa shape index (κ2) is 7.30. The van der Waals surface area contributed by atoms with E-state index >= 15 is 0 Å². The molecule has 4 heteroatoms. The minimum absolute atomic E-state index is 0.245. The van der Waals surface area contributed by atoms with Gasteiger partial charge in [0.05, 0.1) is 6.54 Å². The SMILES string of the molecule is CCC(C)NCC(=O)OCc1cccc(Cl)c1. The lowest BCUT2D eigenvalue weighted by Crippen LogP contribution is -2.31. The highest BCUT2D eigenvalue weighted by atomic mass is 35.5. The van der Waals surface area contributed by atoms with E-state index in [-0.39, 0.29) is 19.1 Å². The van der Waals surface area contributed by atoms with Crippen molar-refractivity contribution in [1.29, 1.82) is 0 Å². The Morgan fingerprint density at radius 1 is 1.53 bits per heavy atom. The molecule has 0 bridgehead atoms. The second-order valence-corrected chi connectivity index (χ2v) is 4.42. The van der Waals surface area contributed by atoms with Crippen molar-refractivity contribution in [1.82, 2.24) is 5.32 Å². The van der Waals surface area contributed by atoms with Gasteiger partial charge in [-0.1, -0.05) is 30.7 Å². The van der Waals surface area contributed by atoms with Crippen molar-refractivity contribution in [2.75, 3.05) is 6.54 Å². The first-order valence-electron chi connectivity index (χ1n) is 5.75. The fourth-order valence-corrected chi connectivity index (χ4v) is 1.46. The number of hydrogen-bond donors (Lipinski definition) is 1. The number of carbonyl (C=O) groups excluding carboxylic acids is 1. The van der Waals surface area contributed by atoms with Crippen molar-refractivity contribution in [2.24, 2.45) is 0 Å². The third kappa shape index (κ3) is 5.71. The molecule has 1 aromatic rings. The van der Waals surface area contributed by atoms with Crippen LogP contribution in [0.15, 0.2) is 24.3 Å². The van der Waals surface area contributed by atoms with Crippen molar-refractivity contribution in [2.45, 2.75) is 32.9 Å². The molecular weight excluding hydrogens is 238 g/mol. The number of hydrogen-bond acceptors (Lipinski definition) is 3. The number of esters is 1. The zero-order chi connectivity index (χ0) is 12.7. The first-order valence-corrected chi connectivity index (χ1v) is 6.13. The smallest absolute Gasteiger partial charge is 0.320 e. The second-order valence-electron chi connectivity index (χ2n) is 3.98. The molecule has 1 rings (SSSR count). The van der Waals surface area contributed by atoms with Crippen LogP contribution in [0, 0.1) is 0 Å². The summed E-state index contributed by atoms with van der Waals surface area (Å²) in [6.07, 6.45) is 0.988. The van der Waals surface area contributed by atoms with Crippen LogP contribution in [-0.4, -0.2) is 18.6 Å². The topological polar surface area (TPSA) is 38.3 Å². The molecular formula is C13H18ClNO2. The maximum absolute atomic E-state index is 11.4. The van der Waals surface area contributed by atoms with Gasteiger partial charge < -0.3 is 10.1 Å². The van der Waals surface area contributed by atoms with Crippen LogP contribution in [0.25, 0.3) is 0 Å². The van der Waals surface area contributed by atoms with Gasteiger partial charge in [-0.25, -0.2) is 0 Å². The summed E-state index contributed by atoms with van der Waals surface area (Å²) in [5, 5.41) is 3.73. The highest BCUT2D eigenvalue weighted by molar-refractivity contribution is 6.30. The first kappa shape index (κ1) is 14.0. The quantitative estimate of drug-likeness (QED) is 0.795. The zero-order valence-electron chi connectivity index (χ0n) is 10.2. The van der Waals surface area contributed by atoms with Crippen LogP contribution >= 0.6 is 11.6 Å². The predicted octanol–water partition coefficient (Wildman–Crippen LogP) is 2.77. The van der Waals surface area contributed by atoms with E-state index < -0.39 is 0 Å². The molecule has 3 nitrogen and oxygen atoms in total. The van der Waals surface area contributed by atoms with Crippen LogP contribution in [0.1, 0.15) is 25.8 Å². The number of halogens is 1. The van der Waals surface area contributed by atoms with E-state index in [4.69, 9.17) is 16.3 Å². The molecule has 0 aliphatic heterocycles. The summed E-state index contributed by atoms with van der Waals surface area (Å²) in [5.41, 5.74) is 0.898. The normalized spacial score (nSPS) is 12.2. The fourth-order valence-electron chi connectivity index (χ4n) is 1.24. The molecule has 0 amide bonds. The summed E-state index contributed by atoms with van der Waals surface area (Å²) >= 11 is 5.83. The summed E-state index contributed by atoms with van der Waals surface area (Å²) in [4.78, 5) is 11.4. The van der Waals surface area contributed by atoms with Gasteiger partial charge in [-0.15, -0.1) is 0 Å². The molecule has 0 aliphatic rings. The Hall–Kier alpha value is -1.06. The molecule has 0 fully saturated rings. The largest absolute Gasteiger partial charge is 0.460 e. The van der Waals surface area contributed by atoms with Crippen LogP contribution in [0.5, 0.6) is 0 Å². The van der Waals surface area contributed by atoms with Crippen LogP contribution < -0.4 is 5.32 Å². The van der Waals surface area contributed by atoms with Gasteiger partial charge >= 0.3 is 5.97 Å². The molecule has 94 valence electrons. The molecule has 0 saturated heterocycles. The van der Waals surface area contributed by atoms with Crippen molar-refractivity contribution >= 4 is 17.6 Å². The lowest BCUT2D eigenvalue weighted by molar-refractivity contribution is -0.144. The molecule has 1 unspecified atom stereocenters. The molecule has 0 aliphatic carbocycles. The molecule has 0 aromatic heterocycles. The molecule has 17 heavy (non-hydrogen) atoms. The van der Waals surface area contributed by atoms with E-state index in [2.05, 4.69) is 12.2 Å². The monoisotopic (exact) mass is 255 g/mol. The van der Waals surface area contributed by atoms with Crippen molar-refractivity contribution < 1.29 is 9.53 Å². The van der Waals surface area contributed by atoms with E-state index in [1.807, 2.05) is 19.1 Å². The molecule has 0 heterocycles. The Morgan fingerprint density at radius 3 is 2.94 bits per heavy atom. The summed E-state index contributed by atoms with van der Waals surface area (Å²) in [6, 6.07) is 7.62. The van der Waals surface area contributed by atoms with Crippen LogP contribution in [0.3, 0.4) is 0 Å². The third-order valence-corrected chi connectivity index (χ3v) is 2.73. The summed E-state index contributed by atoms with van der Waals surface area (Å²) < 4.78 is 5.12. The van der Waals surface area contributed by atoms with Crippen molar-refractivity contribution in [3.63, 3.8) is 0 Å². The standard InChI is InChI=1S/C13H18ClNO2/c1-3-10(2)15-8-13(16)17-9-11-5-4-6-12(14)7-11/h4-7,10,15H,3,8-9H2,1-2H3. The van der Waals surface area contributed by atoms with E-state index in [9.17, 15) is 4.79 Å². The number of nitrogens with one attached hydrogen (secondary N) is 1. The van der Waals surface area contributed by atoms with Gasteiger partial charge in [-0.3, -0.25) is 4.79 Å². The molecule has 1 N–H and O–H groups in total. The Bertz CT molecular complexity index is 368. The average molecular weight is 256 g/mol. The molecule has 1 atom stereocenters. The number of ether oxygens (including phenoxy) is 1. The fraction of sp³-hybridized carbons (Fsp3) is 0.462. The first-order chi connectivity index (χ1) is 8.11. The minimum Gasteiger partial charge on any atom is -0.460 e. The molecule has 0 spiro atoms. The van der Waals surface area contributed by atoms with Crippen LogP contribution in [-0.2, 0) is 16.1 Å². The summed E-state index contributed by atoms with van der Waals surface area (Å²) in [6.45, 7) is 4.61. The Morgan fingerprint density at radius 2 is 2.29 bits per heavy atom. The van der Waals surface area contributed by atoms with E-state index in [0.29, 0.717) is 11.1 Å². The lowest BCUT2D eigenvalue weighted by atomic mass is 10.2. The Kier molecular flexibility index (Phi) is 6.01. The zero-order valence-corrected chi connectivity index (χ0v) is 11.0. The average Bonchev–Trinajstić information content (AvgIpc) is 2.33. The van der Waals surface area contributed by atoms with E-state index in [1.165, 1.54) is 0 Å². The number of benzene rings is 1. The van der Waals surface area contributed by atoms with Gasteiger partial charge in [-0.2, -0.15) is 0 Å². The maximum atomic E-state index is 11.4. The highest BCUT2D eigenvalue weighted by Gasteiger charge is 2.05. The summed E-state index contributed by atoms with van der Waals surface area (Å²) in [7, 11) is 0. The van der Waals surface area contributed by atoms with Gasteiger partial charge in [0.25, 0.3) is 0 Å². The van der Waals surface area contributed by atoms with Gasteiger partial charge in [0.2, 0.25) is 0 Å². The van der Waals surface area contributed by atoms with Crippen molar-refractivity contribution in [3.05, 3.63) is 34.9 Å². The third-order valence-electron chi connectivity index (χ3n) is 2.50. The number of carbonyl (C=O) groups is 1. The number of rotatable bonds is 6. The van der Waals surface area contributed by atoms with Gasteiger partial charge in [-0.05, 0) is 31.0 Å². The van der Waals surface area contributed by atoms with Gasteiger partial charge in [0, 0.05) is 11.1 Å². The highest BCUT2D eigenvalue weighted by Crippen LogP contribution is 2.11. The molecule has 0 radical (unpaired) electrons. The Balaban J connectivity index is 2.28. The summed E-state index contributed by atoms with van der Waals surface area (Å²) in [5.74, 6) is -0.245. The predicted molar refractivity (Wildman–Crippen MR) is 69.0 cm³/mol. The molecule has 1 aromatic carbocycles. The van der Waals surface area contributed by atoms with E-state index in [1.54, 1.807) is 12.1 Å². The molecule has 0 saturated carbocycles. The van der Waals surface area contributed by atoms with Crippen molar-refractivity contribution in [3.8, 4) is 0 Å². The van der Waals surface area contributed by atoms with Gasteiger partial charge in [0.1, 0.15) is 6.61 Å². The van der Waals surface area contributed by atoms with E-state index in [0.717, 1.165) is 12.0 Å². The lowest BCUT2D eigenvalue weighted by Gasteiger charge is -2.10. The van der Waals surface area contributed by atoms with Gasteiger partial charge in [0.15, 0.2) is 0 Å². The van der Waals surface area contributed by atoms with Crippen LogP contribution in [0.4, 0.5) is 0 Å². The maximum Gasteiger partial charge on any atom is 0.320 e. The minimum atomic E-state index is -0.245. The van der Waals surface area contributed by atoms with Crippen LogP contribution in [0.2, 0.25) is 5.02 Å².